The molecule has 3 aromatic rings. The fourth-order valence-electron chi connectivity index (χ4n) is 3.00. The molecule has 0 aliphatic carbocycles. The zero-order valence-corrected chi connectivity index (χ0v) is 14.1. The van der Waals surface area contributed by atoms with Crippen molar-refractivity contribution in [3.8, 4) is 16.2 Å². The summed E-state index contributed by atoms with van der Waals surface area (Å²) < 4.78 is 5.85. The molecular weight excluding hydrogens is 336 g/mol. The summed E-state index contributed by atoms with van der Waals surface area (Å²) in [5.74, 6) is 0.116. The number of aromatic carboxylic acids is 1. The predicted molar refractivity (Wildman–Crippen MR) is 97.7 cm³/mol. The van der Waals surface area contributed by atoms with Crippen LogP contribution in [0.2, 0.25) is 0 Å². The zero-order valence-electron chi connectivity index (χ0n) is 13.3. The summed E-state index contributed by atoms with van der Waals surface area (Å²) >= 11 is 1.70. The lowest BCUT2D eigenvalue weighted by Gasteiger charge is -2.13. The number of rotatable bonds is 5. The highest BCUT2D eigenvalue weighted by molar-refractivity contribution is 7.13. The Morgan fingerprint density at radius 1 is 1.36 bits per heavy atom. The maximum absolute atomic E-state index is 11.3. The van der Waals surface area contributed by atoms with Gasteiger partial charge in [0.15, 0.2) is 0 Å². The van der Waals surface area contributed by atoms with Crippen LogP contribution in [-0.2, 0) is 0 Å². The van der Waals surface area contributed by atoms with E-state index in [0.717, 1.165) is 16.9 Å². The number of nitrogens with one attached hydrogen (secondary N) is 1. The van der Waals surface area contributed by atoms with Gasteiger partial charge >= 0.3 is 5.97 Å². The van der Waals surface area contributed by atoms with Crippen molar-refractivity contribution >= 4 is 23.0 Å². The average Bonchev–Trinajstić information content (AvgIpc) is 3.29. The van der Waals surface area contributed by atoms with E-state index in [4.69, 9.17) is 4.74 Å². The maximum atomic E-state index is 11.3. The van der Waals surface area contributed by atoms with Crippen LogP contribution in [0.15, 0.2) is 54.2 Å². The quantitative estimate of drug-likeness (QED) is 0.723. The van der Waals surface area contributed by atoms with Crippen LogP contribution in [0.1, 0.15) is 21.8 Å². The van der Waals surface area contributed by atoms with Crippen molar-refractivity contribution in [3.05, 3.63) is 65.3 Å². The van der Waals surface area contributed by atoms with Crippen molar-refractivity contribution in [3.63, 3.8) is 0 Å². The van der Waals surface area contributed by atoms with E-state index in [1.165, 1.54) is 17.1 Å². The van der Waals surface area contributed by atoms with Gasteiger partial charge in [-0.2, -0.15) is 0 Å². The van der Waals surface area contributed by atoms with Crippen LogP contribution in [-0.4, -0.2) is 29.2 Å². The van der Waals surface area contributed by atoms with Gasteiger partial charge in [0.05, 0.1) is 24.1 Å². The number of anilines is 1. The summed E-state index contributed by atoms with van der Waals surface area (Å²) in [5, 5.41) is 14.5. The van der Waals surface area contributed by atoms with Crippen molar-refractivity contribution in [1.29, 1.82) is 0 Å². The lowest BCUT2D eigenvalue weighted by atomic mass is 9.99. The number of hydrogen-bond acceptors (Lipinski definition) is 5. The van der Waals surface area contributed by atoms with Crippen LogP contribution in [0.25, 0.3) is 10.4 Å². The molecule has 1 atom stereocenters. The Hall–Kier alpha value is -2.86. The maximum Gasteiger partial charge on any atom is 0.337 e. The minimum atomic E-state index is -0.964. The fourth-order valence-corrected chi connectivity index (χ4v) is 3.72. The number of carbonyl (C=O) groups is 1. The van der Waals surface area contributed by atoms with E-state index in [2.05, 4.69) is 39.9 Å². The number of ether oxygens (including phenoxy) is 1. The molecule has 25 heavy (non-hydrogen) atoms. The van der Waals surface area contributed by atoms with E-state index in [1.54, 1.807) is 17.5 Å². The van der Waals surface area contributed by atoms with Gasteiger partial charge in [-0.05, 0) is 29.1 Å². The SMILES string of the molecule is O=C(O)c1ccncc1NCC1COc2cc(-c3cccs3)ccc21. The van der Waals surface area contributed by atoms with Gasteiger partial charge in [0, 0.05) is 29.1 Å². The van der Waals surface area contributed by atoms with Crippen LogP contribution < -0.4 is 10.1 Å². The summed E-state index contributed by atoms with van der Waals surface area (Å²) in [6.45, 7) is 1.18. The van der Waals surface area contributed by atoms with E-state index in [0.29, 0.717) is 18.8 Å². The third kappa shape index (κ3) is 3.08. The predicted octanol–water partition coefficient (Wildman–Crippen LogP) is 4.10. The van der Waals surface area contributed by atoms with Crippen LogP contribution in [0.4, 0.5) is 5.69 Å². The van der Waals surface area contributed by atoms with Gasteiger partial charge in [0.1, 0.15) is 5.75 Å². The summed E-state index contributed by atoms with van der Waals surface area (Å²) in [6.07, 6.45) is 3.02. The van der Waals surface area contributed by atoms with E-state index in [9.17, 15) is 9.90 Å². The lowest BCUT2D eigenvalue weighted by Crippen LogP contribution is -2.16. The number of nitrogens with zero attached hydrogens (tertiary/aromatic N) is 1. The highest BCUT2D eigenvalue weighted by Gasteiger charge is 2.25. The Morgan fingerprint density at radius 2 is 2.28 bits per heavy atom. The second-order valence-electron chi connectivity index (χ2n) is 5.85. The van der Waals surface area contributed by atoms with Crippen molar-refractivity contribution in [2.75, 3.05) is 18.5 Å². The summed E-state index contributed by atoms with van der Waals surface area (Å²) in [4.78, 5) is 16.5. The second kappa shape index (κ2) is 6.57. The smallest absolute Gasteiger partial charge is 0.337 e. The third-order valence-electron chi connectivity index (χ3n) is 4.29. The van der Waals surface area contributed by atoms with Gasteiger partial charge in [-0.3, -0.25) is 4.98 Å². The number of benzene rings is 1. The van der Waals surface area contributed by atoms with Crippen molar-refractivity contribution in [1.82, 2.24) is 4.98 Å². The molecule has 0 saturated carbocycles. The molecule has 1 aromatic carbocycles. The number of carboxylic acid groups (broad SMARTS) is 1. The molecule has 5 nitrogen and oxygen atoms in total. The topological polar surface area (TPSA) is 71.5 Å². The summed E-state index contributed by atoms with van der Waals surface area (Å²) in [5.41, 5.74) is 3.05. The van der Waals surface area contributed by atoms with E-state index >= 15 is 0 Å². The normalized spacial score (nSPS) is 15.4. The molecule has 0 radical (unpaired) electrons. The molecule has 0 amide bonds. The molecule has 4 rings (SSSR count). The number of fused-ring (bicyclic) bond motifs is 1. The molecule has 0 bridgehead atoms. The molecule has 0 spiro atoms. The molecule has 2 N–H and O–H groups in total. The molecule has 126 valence electrons. The standard InChI is InChI=1S/C19H16N2O3S/c22-19(23)15-5-6-20-10-16(15)21-9-13-11-24-17-8-12(3-4-14(13)17)18-2-1-7-25-18/h1-8,10,13,21H,9,11H2,(H,22,23). The van der Waals surface area contributed by atoms with Crippen LogP contribution in [0, 0.1) is 0 Å². The van der Waals surface area contributed by atoms with Crippen molar-refractivity contribution in [2.45, 2.75) is 5.92 Å². The van der Waals surface area contributed by atoms with E-state index < -0.39 is 5.97 Å². The Labute approximate surface area is 148 Å². The molecule has 0 fully saturated rings. The van der Waals surface area contributed by atoms with Gasteiger partial charge in [0.25, 0.3) is 0 Å². The average molecular weight is 352 g/mol. The first-order valence-corrected chi connectivity index (χ1v) is 8.82. The van der Waals surface area contributed by atoms with Gasteiger partial charge < -0.3 is 15.2 Å². The summed E-state index contributed by atoms with van der Waals surface area (Å²) in [7, 11) is 0. The molecular formula is C19H16N2O3S. The number of aromatic nitrogens is 1. The zero-order chi connectivity index (χ0) is 17.2. The molecule has 1 aliphatic heterocycles. The Bertz CT molecular complexity index is 909. The van der Waals surface area contributed by atoms with E-state index in [1.807, 2.05) is 6.07 Å². The fraction of sp³-hybridized carbons (Fsp3) is 0.158. The Balaban J connectivity index is 1.51. The lowest BCUT2D eigenvalue weighted by molar-refractivity contribution is 0.0698. The van der Waals surface area contributed by atoms with E-state index in [-0.39, 0.29) is 11.5 Å². The number of carboxylic acids is 1. The molecule has 1 unspecified atom stereocenters. The molecule has 3 heterocycles. The third-order valence-corrected chi connectivity index (χ3v) is 5.21. The highest BCUT2D eigenvalue weighted by atomic mass is 32.1. The number of pyridine rings is 1. The highest BCUT2D eigenvalue weighted by Crippen LogP contribution is 2.38. The monoisotopic (exact) mass is 352 g/mol. The van der Waals surface area contributed by atoms with Gasteiger partial charge in [-0.1, -0.05) is 18.2 Å². The molecule has 0 saturated heterocycles. The first kappa shape index (κ1) is 15.7. The van der Waals surface area contributed by atoms with Crippen LogP contribution in [0.3, 0.4) is 0 Å². The minimum absolute atomic E-state index is 0.175. The Kier molecular flexibility index (Phi) is 4.11. The van der Waals surface area contributed by atoms with Crippen molar-refractivity contribution < 1.29 is 14.6 Å². The van der Waals surface area contributed by atoms with Crippen LogP contribution >= 0.6 is 11.3 Å². The first-order chi connectivity index (χ1) is 12.2. The molecule has 2 aromatic heterocycles. The van der Waals surface area contributed by atoms with Gasteiger partial charge in [-0.15, -0.1) is 11.3 Å². The summed E-state index contributed by atoms with van der Waals surface area (Å²) in [6, 6.07) is 11.9. The Morgan fingerprint density at radius 3 is 3.08 bits per heavy atom. The number of thiophene rings is 1. The molecule has 1 aliphatic rings. The second-order valence-corrected chi connectivity index (χ2v) is 6.79. The van der Waals surface area contributed by atoms with Gasteiger partial charge in [-0.25, -0.2) is 4.79 Å². The van der Waals surface area contributed by atoms with Crippen molar-refractivity contribution in [2.24, 2.45) is 0 Å². The number of hydrogen-bond donors (Lipinski definition) is 2. The largest absolute Gasteiger partial charge is 0.493 e. The van der Waals surface area contributed by atoms with Crippen LogP contribution in [0.5, 0.6) is 5.75 Å². The minimum Gasteiger partial charge on any atom is -0.493 e. The van der Waals surface area contributed by atoms with Gasteiger partial charge in [0.2, 0.25) is 0 Å². The first-order valence-electron chi connectivity index (χ1n) is 7.94. The molecule has 6 heteroatoms.